The van der Waals surface area contributed by atoms with Gasteiger partial charge in [0, 0.05) is 26.2 Å². The number of hydrogen-bond donors (Lipinski definition) is 5. The van der Waals surface area contributed by atoms with Crippen molar-refractivity contribution in [1.82, 2.24) is 22.9 Å². The Kier molecular flexibility index (Phi) is 25.6. The minimum Gasteiger partial charge on any atom is -0.344 e. The summed E-state index contributed by atoms with van der Waals surface area (Å²) in [5.74, 6) is 0. The first-order chi connectivity index (χ1) is 4.41. The van der Waals surface area contributed by atoms with Crippen molar-refractivity contribution in [3.8, 4) is 0 Å². The SMILES string of the molecule is C1CNCCN1.N.N.O=PO. The Hall–Kier alpha value is -0.100. The lowest BCUT2D eigenvalue weighted by Gasteiger charge is -2.11. The van der Waals surface area contributed by atoms with Crippen molar-refractivity contribution in [1.29, 1.82) is 0 Å². The molecule has 0 saturated carbocycles. The summed E-state index contributed by atoms with van der Waals surface area (Å²) < 4.78 is 8.46. The van der Waals surface area contributed by atoms with Crippen molar-refractivity contribution < 1.29 is 9.46 Å². The van der Waals surface area contributed by atoms with E-state index in [1.54, 1.807) is 0 Å². The summed E-state index contributed by atoms with van der Waals surface area (Å²) in [5, 5.41) is 6.44. The lowest BCUT2D eigenvalue weighted by Crippen LogP contribution is -2.39. The highest BCUT2D eigenvalue weighted by Gasteiger charge is 1.91. The van der Waals surface area contributed by atoms with Gasteiger partial charge in [0.05, 0.1) is 0 Å². The first-order valence-electron chi connectivity index (χ1n) is 2.80. The fraction of sp³-hybridized carbons (Fsp3) is 1.00. The van der Waals surface area contributed by atoms with E-state index < -0.39 is 8.69 Å². The Morgan fingerprint density at radius 2 is 1.18 bits per heavy atom. The molecule has 0 atom stereocenters. The van der Waals surface area contributed by atoms with Crippen LogP contribution >= 0.6 is 8.69 Å². The van der Waals surface area contributed by atoms with Crippen molar-refractivity contribution in [2.75, 3.05) is 26.2 Å². The van der Waals surface area contributed by atoms with Crippen molar-refractivity contribution in [2.24, 2.45) is 0 Å². The van der Waals surface area contributed by atoms with Gasteiger partial charge in [0.25, 0.3) is 0 Å². The van der Waals surface area contributed by atoms with Gasteiger partial charge in [0.15, 0.2) is 0 Å². The van der Waals surface area contributed by atoms with Crippen LogP contribution in [0.15, 0.2) is 0 Å². The van der Waals surface area contributed by atoms with E-state index in [1.165, 1.54) is 0 Å². The van der Waals surface area contributed by atoms with E-state index >= 15 is 0 Å². The van der Waals surface area contributed by atoms with Crippen LogP contribution in [0.2, 0.25) is 0 Å². The molecule has 9 N–H and O–H groups in total. The van der Waals surface area contributed by atoms with Crippen LogP contribution in [0, 0.1) is 0 Å². The highest BCUT2D eigenvalue weighted by Crippen LogP contribution is 1.66. The highest BCUT2D eigenvalue weighted by molar-refractivity contribution is 7.16. The van der Waals surface area contributed by atoms with Gasteiger partial charge in [-0.1, -0.05) is 0 Å². The van der Waals surface area contributed by atoms with Gasteiger partial charge in [-0.2, -0.15) is 0 Å². The van der Waals surface area contributed by atoms with Gasteiger partial charge in [0.2, 0.25) is 0 Å². The Bertz CT molecular complexity index is 59.6. The van der Waals surface area contributed by atoms with Gasteiger partial charge in [-0.25, -0.2) is 4.57 Å². The van der Waals surface area contributed by atoms with E-state index in [0.717, 1.165) is 26.2 Å². The van der Waals surface area contributed by atoms with Crippen LogP contribution in [-0.2, 0) is 4.57 Å². The maximum absolute atomic E-state index is 8.46. The molecule has 70 valence electrons. The molecule has 0 bridgehead atoms. The third-order valence-corrected chi connectivity index (χ3v) is 0.957. The van der Waals surface area contributed by atoms with Gasteiger partial charge < -0.3 is 27.8 Å². The molecule has 0 aliphatic carbocycles. The molecule has 0 unspecified atom stereocenters. The molecule has 6 nitrogen and oxygen atoms in total. The topological polar surface area (TPSA) is 131 Å². The fourth-order valence-corrected chi connectivity index (χ4v) is 0.604. The molecule has 0 radical (unpaired) electrons. The highest BCUT2D eigenvalue weighted by atomic mass is 31.1. The molecular formula is C4H17N4O2P. The molecule has 1 aliphatic rings. The van der Waals surface area contributed by atoms with Crippen LogP contribution in [0.1, 0.15) is 0 Å². The molecule has 0 aromatic carbocycles. The molecule has 1 rings (SSSR count). The summed E-state index contributed by atoms with van der Waals surface area (Å²) in [6.45, 7) is 4.56. The summed E-state index contributed by atoms with van der Waals surface area (Å²) in [6.07, 6.45) is 0. The molecule has 7 heteroatoms. The Balaban J connectivity index is -0.000000116. The monoisotopic (exact) mass is 184 g/mol. The second-order valence-electron chi connectivity index (χ2n) is 1.58. The molecule has 0 aromatic rings. The summed E-state index contributed by atoms with van der Waals surface area (Å²) in [7, 11) is -0.833. The Morgan fingerprint density at radius 1 is 1.00 bits per heavy atom. The Labute approximate surface area is 68.2 Å². The van der Waals surface area contributed by atoms with Crippen LogP contribution in [0.5, 0.6) is 0 Å². The van der Waals surface area contributed by atoms with Crippen molar-refractivity contribution in [2.45, 2.75) is 0 Å². The maximum atomic E-state index is 8.46. The first-order valence-corrected chi connectivity index (χ1v) is 3.56. The van der Waals surface area contributed by atoms with Gasteiger partial charge in [0.1, 0.15) is 0 Å². The predicted molar refractivity (Wildman–Crippen MR) is 45.6 cm³/mol. The molecule has 1 saturated heterocycles. The maximum Gasteiger partial charge on any atom is 0.324 e. The molecule has 0 aromatic heterocycles. The van der Waals surface area contributed by atoms with Gasteiger partial charge in [-0.15, -0.1) is 0 Å². The van der Waals surface area contributed by atoms with Gasteiger partial charge in [-0.3, -0.25) is 0 Å². The second-order valence-corrected chi connectivity index (χ2v) is 1.74. The van der Waals surface area contributed by atoms with Crippen molar-refractivity contribution in [3.05, 3.63) is 0 Å². The predicted octanol–water partition coefficient (Wildman–Crippen LogP) is -0.311. The molecule has 1 fully saturated rings. The zero-order chi connectivity index (χ0) is 6.95. The smallest absolute Gasteiger partial charge is 0.324 e. The largest absolute Gasteiger partial charge is 0.344 e. The second kappa shape index (κ2) is 16.5. The van der Waals surface area contributed by atoms with E-state index in [2.05, 4.69) is 10.6 Å². The quantitative estimate of drug-likeness (QED) is 0.328. The molecular weight excluding hydrogens is 167 g/mol. The van der Waals surface area contributed by atoms with Crippen LogP contribution < -0.4 is 22.9 Å². The average Bonchev–Trinajstić information content (AvgIpc) is 1.93. The van der Waals surface area contributed by atoms with Crippen molar-refractivity contribution >= 4 is 8.69 Å². The van der Waals surface area contributed by atoms with Gasteiger partial charge in [-0.05, 0) is 0 Å². The van der Waals surface area contributed by atoms with Crippen LogP contribution in [0.4, 0.5) is 0 Å². The summed E-state index contributed by atoms with van der Waals surface area (Å²) >= 11 is 0. The van der Waals surface area contributed by atoms with Crippen molar-refractivity contribution in [3.63, 3.8) is 0 Å². The lowest BCUT2D eigenvalue weighted by atomic mass is 10.4. The average molecular weight is 184 g/mol. The lowest BCUT2D eigenvalue weighted by molar-refractivity contribution is 0.524. The van der Waals surface area contributed by atoms with E-state index in [1.807, 2.05) is 0 Å². The minimum atomic E-state index is -0.833. The summed E-state index contributed by atoms with van der Waals surface area (Å²) in [4.78, 5) is 6.99. The van der Waals surface area contributed by atoms with Crippen LogP contribution in [-0.4, -0.2) is 31.1 Å². The standard InChI is InChI=1S/C4H10N2.2H3N.HO2P/c1-2-6-4-3-5-1;;;1-3-2/h5-6H,1-4H2;2*1H3;(H,1,2). The molecule has 0 amide bonds. The third-order valence-electron chi connectivity index (χ3n) is 0.957. The minimum absolute atomic E-state index is 0. The number of rotatable bonds is 0. The summed E-state index contributed by atoms with van der Waals surface area (Å²) in [5.41, 5.74) is 0. The zero-order valence-corrected chi connectivity index (χ0v) is 7.44. The van der Waals surface area contributed by atoms with E-state index in [9.17, 15) is 0 Å². The third kappa shape index (κ3) is 17.7. The number of nitrogens with one attached hydrogen (secondary N) is 2. The molecule has 1 aliphatic heterocycles. The normalized spacial score (nSPS) is 15.0. The van der Waals surface area contributed by atoms with E-state index in [-0.39, 0.29) is 12.3 Å². The van der Waals surface area contributed by atoms with E-state index in [4.69, 9.17) is 9.46 Å². The molecule has 0 spiro atoms. The molecule has 1 heterocycles. The van der Waals surface area contributed by atoms with Crippen LogP contribution in [0.25, 0.3) is 0 Å². The van der Waals surface area contributed by atoms with Crippen LogP contribution in [0.3, 0.4) is 0 Å². The fourth-order valence-electron chi connectivity index (χ4n) is 0.604. The van der Waals surface area contributed by atoms with Gasteiger partial charge >= 0.3 is 8.69 Å². The first kappa shape index (κ1) is 17.1. The Morgan fingerprint density at radius 3 is 1.27 bits per heavy atom. The summed E-state index contributed by atoms with van der Waals surface area (Å²) in [6, 6.07) is 0. The number of piperazine rings is 1. The van der Waals surface area contributed by atoms with E-state index in [0.29, 0.717) is 0 Å². The molecule has 11 heavy (non-hydrogen) atoms. The zero-order valence-electron chi connectivity index (χ0n) is 6.55. The number of hydrogen-bond acceptors (Lipinski definition) is 5.